The molecule has 0 unspecified atom stereocenters. The van der Waals surface area contributed by atoms with Crippen molar-refractivity contribution in [3.63, 3.8) is 0 Å². The normalized spacial score (nSPS) is 10.2. The summed E-state index contributed by atoms with van der Waals surface area (Å²) < 4.78 is 0. The molecule has 0 bridgehead atoms. The maximum atomic E-state index is 9.15. The molecule has 7 heteroatoms. The van der Waals surface area contributed by atoms with Gasteiger partial charge in [0.25, 0.3) is 0 Å². The van der Waals surface area contributed by atoms with E-state index in [0.717, 1.165) is 12.0 Å². The lowest BCUT2D eigenvalue weighted by Gasteiger charge is -2.10. The van der Waals surface area contributed by atoms with Crippen LogP contribution in [0, 0.1) is 11.3 Å². The van der Waals surface area contributed by atoms with Gasteiger partial charge in [-0.1, -0.05) is 41.4 Å². The van der Waals surface area contributed by atoms with Crippen molar-refractivity contribution in [1.82, 2.24) is 9.97 Å². The maximum absolute atomic E-state index is 9.15. The quantitative estimate of drug-likeness (QED) is 0.622. The first-order valence-electron chi connectivity index (χ1n) is 7.93. The van der Waals surface area contributed by atoms with Gasteiger partial charge in [-0.15, -0.1) is 0 Å². The van der Waals surface area contributed by atoms with Gasteiger partial charge in [0.2, 0.25) is 5.95 Å². The minimum absolute atomic E-state index is 0.419. The summed E-state index contributed by atoms with van der Waals surface area (Å²) in [5.41, 5.74) is 2.21. The average molecular weight is 384 g/mol. The Balaban J connectivity index is 1.63. The highest BCUT2D eigenvalue weighted by molar-refractivity contribution is 6.35. The second kappa shape index (κ2) is 8.52. The van der Waals surface area contributed by atoms with Gasteiger partial charge in [0, 0.05) is 22.8 Å². The number of nitrogens with zero attached hydrogens (tertiary/aromatic N) is 3. The molecule has 0 fully saturated rings. The monoisotopic (exact) mass is 383 g/mol. The molecule has 0 aliphatic carbocycles. The number of nitrogens with one attached hydrogen (secondary N) is 2. The van der Waals surface area contributed by atoms with Crippen LogP contribution < -0.4 is 10.6 Å². The standard InChI is InChI=1S/C19H15Cl2N5/c20-15-6-5-13(16(21)11-15)7-9-23-18-8-10-24-19(26-18)25-17-4-2-1-3-14(17)12-22/h1-6,8,10-11H,7,9H2,(H2,23,24,25,26). The van der Waals surface area contributed by atoms with Crippen molar-refractivity contribution in [2.75, 3.05) is 17.2 Å². The molecule has 0 aliphatic rings. The van der Waals surface area contributed by atoms with Gasteiger partial charge in [0.15, 0.2) is 0 Å². The van der Waals surface area contributed by atoms with E-state index in [4.69, 9.17) is 28.5 Å². The van der Waals surface area contributed by atoms with E-state index < -0.39 is 0 Å². The summed E-state index contributed by atoms with van der Waals surface area (Å²) in [6.07, 6.45) is 2.39. The van der Waals surface area contributed by atoms with Gasteiger partial charge < -0.3 is 10.6 Å². The van der Waals surface area contributed by atoms with Crippen LogP contribution >= 0.6 is 23.2 Å². The molecule has 0 spiro atoms. The number of para-hydroxylation sites is 1. The summed E-state index contributed by atoms with van der Waals surface area (Å²) in [4.78, 5) is 8.61. The molecule has 1 aromatic heterocycles. The summed E-state index contributed by atoms with van der Waals surface area (Å²) in [6, 6.07) is 16.6. The van der Waals surface area contributed by atoms with Crippen molar-refractivity contribution in [3.05, 3.63) is 75.9 Å². The van der Waals surface area contributed by atoms with E-state index in [1.165, 1.54) is 0 Å². The van der Waals surface area contributed by atoms with E-state index in [2.05, 4.69) is 26.7 Å². The molecule has 3 aromatic rings. The molecule has 5 nitrogen and oxygen atoms in total. The third kappa shape index (κ3) is 4.63. The number of rotatable bonds is 6. The van der Waals surface area contributed by atoms with Crippen molar-refractivity contribution >= 4 is 40.7 Å². The molecule has 3 rings (SSSR count). The van der Waals surface area contributed by atoms with E-state index in [1.54, 1.807) is 24.4 Å². The average Bonchev–Trinajstić information content (AvgIpc) is 2.64. The molecule has 26 heavy (non-hydrogen) atoms. The predicted octanol–water partition coefficient (Wildman–Crippen LogP) is 5.05. The molecule has 0 amide bonds. The van der Waals surface area contributed by atoms with E-state index in [-0.39, 0.29) is 0 Å². The van der Waals surface area contributed by atoms with Crippen molar-refractivity contribution in [2.45, 2.75) is 6.42 Å². The summed E-state index contributed by atoms with van der Waals surface area (Å²) in [7, 11) is 0. The maximum Gasteiger partial charge on any atom is 0.229 e. The molecule has 2 aromatic carbocycles. The van der Waals surface area contributed by atoms with E-state index >= 15 is 0 Å². The summed E-state index contributed by atoms with van der Waals surface area (Å²) in [5, 5.41) is 16.7. The van der Waals surface area contributed by atoms with Crippen molar-refractivity contribution in [2.24, 2.45) is 0 Å². The number of nitriles is 1. The summed E-state index contributed by atoms with van der Waals surface area (Å²) >= 11 is 12.1. The Morgan fingerprint density at radius 2 is 1.92 bits per heavy atom. The van der Waals surface area contributed by atoms with Crippen molar-refractivity contribution < 1.29 is 0 Å². The van der Waals surface area contributed by atoms with Gasteiger partial charge in [-0.05, 0) is 42.3 Å². The number of hydrogen-bond acceptors (Lipinski definition) is 5. The Labute approximate surface area is 161 Å². The lowest BCUT2D eigenvalue weighted by atomic mass is 10.1. The van der Waals surface area contributed by atoms with E-state index in [1.807, 2.05) is 30.3 Å². The lowest BCUT2D eigenvalue weighted by Crippen LogP contribution is -2.08. The first-order chi connectivity index (χ1) is 12.7. The molecule has 2 N–H and O–H groups in total. The fourth-order valence-electron chi connectivity index (χ4n) is 2.38. The Morgan fingerprint density at radius 1 is 1.08 bits per heavy atom. The first-order valence-corrected chi connectivity index (χ1v) is 8.68. The van der Waals surface area contributed by atoms with E-state index in [9.17, 15) is 0 Å². The van der Waals surface area contributed by atoms with Gasteiger partial charge in [-0.25, -0.2) is 4.98 Å². The van der Waals surface area contributed by atoms with Crippen molar-refractivity contribution in [3.8, 4) is 6.07 Å². The fourth-order valence-corrected chi connectivity index (χ4v) is 2.88. The molecule has 130 valence electrons. The molecule has 0 radical (unpaired) electrons. The Kier molecular flexibility index (Phi) is 5.90. The fraction of sp³-hybridized carbons (Fsp3) is 0.105. The minimum Gasteiger partial charge on any atom is -0.370 e. The third-order valence-electron chi connectivity index (χ3n) is 3.67. The van der Waals surface area contributed by atoms with Crippen LogP contribution in [-0.2, 0) is 6.42 Å². The van der Waals surface area contributed by atoms with Crippen LogP contribution in [0.2, 0.25) is 10.0 Å². The zero-order valence-electron chi connectivity index (χ0n) is 13.7. The second-order valence-corrected chi connectivity index (χ2v) is 6.30. The highest BCUT2D eigenvalue weighted by Crippen LogP contribution is 2.22. The van der Waals surface area contributed by atoms with Crippen LogP contribution in [0.15, 0.2) is 54.7 Å². The van der Waals surface area contributed by atoms with Gasteiger partial charge in [-0.2, -0.15) is 10.2 Å². The van der Waals surface area contributed by atoms with Crippen LogP contribution in [0.3, 0.4) is 0 Å². The Bertz CT molecular complexity index is 953. The van der Waals surface area contributed by atoms with Gasteiger partial charge in [0.05, 0.1) is 11.3 Å². The third-order valence-corrected chi connectivity index (χ3v) is 4.25. The van der Waals surface area contributed by atoms with Gasteiger partial charge in [0.1, 0.15) is 11.9 Å². The number of aromatic nitrogens is 2. The Morgan fingerprint density at radius 3 is 2.73 bits per heavy atom. The predicted molar refractivity (Wildman–Crippen MR) is 105 cm³/mol. The van der Waals surface area contributed by atoms with Crippen LogP contribution in [-0.4, -0.2) is 16.5 Å². The summed E-state index contributed by atoms with van der Waals surface area (Å²) in [5.74, 6) is 1.10. The van der Waals surface area contributed by atoms with Crippen LogP contribution in [0.4, 0.5) is 17.5 Å². The Hall–Kier alpha value is -2.81. The SMILES string of the molecule is N#Cc1ccccc1Nc1nccc(NCCc2ccc(Cl)cc2Cl)n1. The molecular formula is C19H15Cl2N5. The number of benzene rings is 2. The highest BCUT2D eigenvalue weighted by atomic mass is 35.5. The van der Waals surface area contributed by atoms with Gasteiger partial charge >= 0.3 is 0 Å². The number of anilines is 3. The molecule has 1 heterocycles. The summed E-state index contributed by atoms with van der Waals surface area (Å²) in [6.45, 7) is 0.659. The molecule has 0 saturated carbocycles. The number of halogens is 2. The second-order valence-electron chi connectivity index (χ2n) is 5.46. The minimum atomic E-state index is 0.419. The van der Waals surface area contributed by atoms with Crippen molar-refractivity contribution in [1.29, 1.82) is 5.26 Å². The van der Waals surface area contributed by atoms with E-state index in [0.29, 0.717) is 39.6 Å². The van der Waals surface area contributed by atoms with Crippen LogP contribution in [0.5, 0.6) is 0 Å². The van der Waals surface area contributed by atoms with Crippen LogP contribution in [0.1, 0.15) is 11.1 Å². The largest absolute Gasteiger partial charge is 0.370 e. The number of hydrogen-bond donors (Lipinski definition) is 2. The van der Waals surface area contributed by atoms with Crippen LogP contribution in [0.25, 0.3) is 0 Å². The molecule has 0 atom stereocenters. The zero-order chi connectivity index (χ0) is 18.4. The highest BCUT2D eigenvalue weighted by Gasteiger charge is 2.05. The molecule has 0 saturated heterocycles. The zero-order valence-corrected chi connectivity index (χ0v) is 15.2. The molecular weight excluding hydrogens is 369 g/mol. The lowest BCUT2D eigenvalue weighted by molar-refractivity contribution is 1.00. The van der Waals surface area contributed by atoms with Gasteiger partial charge in [-0.3, -0.25) is 0 Å². The molecule has 0 aliphatic heterocycles. The topological polar surface area (TPSA) is 73.6 Å². The smallest absolute Gasteiger partial charge is 0.229 e. The first kappa shape index (κ1) is 18.0.